The number of fused-ring (bicyclic) bond motifs is 1. The highest BCUT2D eigenvalue weighted by Gasteiger charge is 2.16. The van der Waals surface area contributed by atoms with E-state index in [1.54, 1.807) is 18.2 Å². The SMILES string of the molecule is CCc1nn2c(=O)cc(COC(=O)c3ccccc3NC(=O)COc3ccc(F)cc3)nc2s1. The fourth-order valence-corrected chi connectivity index (χ4v) is 3.82. The molecule has 0 fully saturated rings. The van der Waals surface area contributed by atoms with Crippen molar-refractivity contribution >= 4 is 33.9 Å². The lowest BCUT2D eigenvalue weighted by Crippen LogP contribution is -2.22. The van der Waals surface area contributed by atoms with E-state index in [9.17, 15) is 18.8 Å². The molecule has 0 spiro atoms. The van der Waals surface area contributed by atoms with E-state index in [-0.39, 0.29) is 30.0 Å². The molecule has 2 aromatic heterocycles. The van der Waals surface area contributed by atoms with Crippen molar-refractivity contribution < 1.29 is 23.5 Å². The molecular formula is C23H19FN4O5S. The molecule has 0 aliphatic heterocycles. The molecule has 9 nitrogen and oxygen atoms in total. The van der Waals surface area contributed by atoms with Gasteiger partial charge in [0.1, 0.15) is 23.2 Å². The standard InChI is InChI=1S/C23H19FN4O5S/c1-2-20-27-28-21(30)11-15(25-23(28)34-20)12-33-22(31)17-5-3-4-6-18(17)26-19(29)13-32-16-9-7-14(24)8-10-16/h3-11H,2,12-13H2,1H3,(H,26,29). The van der Waals surface area contributed by atoms with Gasteiger partial charge in [0, 0.05) is 6.07 Å². The summed E-state index contributed by atoms with van der Waals surface area (Å²) in [4.78, 5) is 42.0. The molecule has 34 heavy (non-hydrogen) atoms. The first-order chi connectivity index (χ1) is 16.4. The molecule has 0 radical (unpaired) electrons. The van der Waals surface area contributed by atoms with Gasteiger partial charge in [0.15, 0.2) is 6.61 Å². The van der Waals surface area contributed by atoms with Gasteiger partial charge in [-0.15, -0.1) is 0 Å². The lowest BCUT2D eigenvalue weighted by atomic mass is 10.2. The van der Waals surface area contributed by atoms with Crippen molar-refractivity contribution in [1.82, 2.24) is 14.6 Å². The molecule has 0 saturated carbocycles. The zero-order chi connectivity index (χ0) is 24.1. The van der Waals surface area contributed by atoms with E-state index in [1.807, 2.05) is 6.92 Å². The molecule has 0 atom stereocenters. The molecular weight excluding hydrogens is 463 g/mol. The Morgan fingerprint density at radius 2 is 1.91 bits per heavy atom. The fraction of sp³-hybridized carbons (Fsp3) is 0.174. The van der Waals surface area contributed by atoms with Crippen molar-refractivity contribution in [1.29, 1.82) is 0 Å². The van der Waals surface area contributed by atoms with Crippen molar-refractivity contribution in [2.45, 2.75) is 20.0 Å². The number of benzene rings is 2. The first-order valence-electron chi connectivity index (χ1n) is 10.3. The van der Waals surface area contributed by atoms with Gasteiger partial charge in [-0.05, 0) is 42.8 Å². The largest absolute Gasteiger partial charge is 0.484 e. The van der Waals surface area contributed by atoms with Crippen LogP contribution in [0.4, 0.5) is 10.1 Å². The number of carbonyl (C=O) groups excluding carboxylic acids is 2. The van der Waals surface area contributed by atoms with Crippen LogP contribution in [-0.4, -0.2) is 33.1 Å². The zero-order valence-electron chi connectivity index (χ0n) is 18.0. The number of esters is 1. The van der Waals surface area contributed by atoms with Gasteiger partial charge >= 0.3 is 5.97 Å². The summed E-state index contributed by atoms with van der Waals surface area (Å²) in [6, 6.07) is 12.8. The zero-order valence-corrected chi connectivity index (χ0v) is 18.8. The minimum absolute atomic E-state index is 0.126. The molecule has 0 unspecified atom stereocenters. The number of aryl methyl sites for hydroxylation is 1. The third-order valence-electron chi connectivity index (χ3n) is 4.60. The van der Waals surface area contributed by atoms with Crippen LogP contribution in [0.2, 0.25) is 0 Å². The third kappa shape index (κ3) is 5.44. The van der Waals surface area contributed by atoms with Crippen LogP contribution >= 0.6 is 11.3 Å². The molecule has 1 amide bonds. The summed E-state index contributed by atoms with van der Waals surface area (Å²) in [5.41, 5.74) is 0.292. The smallest absolute Gasteiger partial charge is 0.340 e. The molecule has 4 rings (SSSR count). The molecule has 0 aliphatic carbocycles. The summed E-state index contributed by atoms with van der Waals surface area (Å²) >= 11 is 1.29. The van der Waals surface area contributed by atoms with Crippen LogP contribution in [-0.2, 0) is 22.6 Å². The Morgan fingerprint density at radius 1 is 1.15 bits per heavy atom. The number of carbonyl (C=O) groups is 2. The van der Waals surface area contributed by atoms with Crippen molar-refractivity contribution in [3.05, 3.63) is 87.0 Å². The van der Waals surface area contributed by atoms with Crippen LogP contribution in [0.15, 0.2) is 59.4 Å². The molecule has 2 heterocycles. The number of anilines is 1. The number of hydrogen-bond acceptors (Lipinski definition) is 8. The summed E-state index contributed by atoms with van der Waals surface area (Å²) in [7, 11) is 0. The van der Waals surface area contributed by atoms with Crippen LogP contribution in [0.25, 0.3) is 4.96 Å². The van der Waals surface area contributed by atoms with Gasteiger partial charge in [0.05, 0.1) is 16.9 Å². The lowest BCUT2D eigenvalue weighted by Gasteiger charge is -2.11. The van der Waals surface area contributed by atoms with Crippen LogP contribution in [0.3, 0.4) is 0 Å². The maximum atomic E-state index is 13.0. The van der Waals surface area contributed by atoms with Gasteiger partial charge in [-0.25, -0.2) is 14.2 Å². The van der Waals surface area contributed by atoms with E-state index in [1.165, 1.54) is 52.3 Å². The number of nitrogens with one attached hydrogen (secondary N) is 1. The van der Waals surface area contributed by atoms with Gasteiger partial charge in [-0.1, -0.05) is 30.4 Å². The number of nitrogens with zero attached hydrogens (tertiary/aromatic N) is 3. The van der Waals surface area contributed by atoms with Gasteiger partial charge in [-0.3, -0.25) is 9.59 Å². The predicted molar refractivity (Wildman–Crippen MR) is 123 cm³/mol. The Bertz CT molecular complexity index is 1400. The Balaban J connectivity index is 1.40. The molecule has 0 saturated heterocycles. The second-order valence-corrected chi connectivity index (χ2v) is 8.08. The Hall–Kier alpha value is -4.12. The van der Waals surface area contributed by atoms with Crippen molar-refractivity contribution in [2.24, 2.45) is 0 Å². The molecule has 174 valence electrons. The van der Waals surface area contributed by atoms with Crippen molar-refractivity contribution in [3.8, 4) is 5.75 Å². The minimum atomic E-state index is -0.698. The van der Waals surface area contributed by atoms with Crippen LogP contribution in [0.5, 0.6) is 5.75 Å². The summed E-state index contributed by atoms with van der Waals surface area (Å²) in [6.07, 6.45) is 0.676. The van der Waals surface area contributed by atoms with Gasteiger partial charge < -0.3 is 14.8 Å². The number of halogens is 1. The van der Waals surface area contributed by atoms with Crippen LogP contribution < -0.4 is 15.6 Å². The van der Waals surface area contributed by atoms with E-state index in [0.717, 1.165) is 5.01 Å². The summed E-state index contributed by atoms with van der Waals surface area (Å²) in [5.74, 6) is -1.29. The van der Waals surface area contributed by atoms with Crippen molar-refractivity contribution in [3.63, 3.8) is 0 Å². The Kier molecular flexibility index (Phi) is 6.93. The molecule has 0 aliphatic rings. The number of para-hydroxylation sites is 1. The van der Waals surface area contributed by atoms with E-state index in [2.05, 4.69) is 15.4 Å². The normalized spacial score (nSPS) is 10.8. The van der Waals surface area contributed by atoms with Gasteiger partial charge in [0.25, 0.3) is 11.5 Å². The monoisotopic (exact) mass is 482 g/mol. The van der Waals surface area contributed by atoms with E-state index < -0.39 is 17.7 Å². The molecule has 1 N–H and O–H groups in total. The van der Waals surface area contributed by atoms with E-state index in [0.29, 0.717) is 22.8 Å². The Morgan fingerprint density at radius 3 is 2.68 bits per heavy atom. The Labute approximate surface area is 196 Å². The molecule has 4 aromatic rings. The first-order valence-corrected chi connectivity index (χ1v) is 11.1. The first kappa shape index (κ1) is 23.1. The maximum Gasteiger partial charge on any atom is 0.340 e. The average Bonchev–Trinajstić information content (AvgIpc) is 3.26. The highest BCUT2D eigenvalue weighted by molar-refractivity contribution is 7.16. The second-order valence-electron chi connectivity index (χ2n) is 7.04. The van der Waals surface area contributed by atoms with E-state index >= 15 is 0 Å². The molecule has 11 heteroatoms. The third-order valence-corrected chi connectivity index (χ3v) is 5.65. The number of rotatable bonds is 8. The lowest BCUT2D eigenvalue weighted by molar-refractivity contribution is -0.118. The summed E-state index contributed by atoms with van der Waals surface area (Å²) in [6.45, 7) is 1.37. The quantitative estimate of drug-likeness (QED) is 0.384. The van der Waals surface area contributed by atoms with E-state index in [4.69, 9.17) is 9.47 Å². The second kappa shape index (κ2) is 10.2. The minimum Gasteiger partial charge on any atom is -0.484 e. The number of aromatic nitrogens is 3. The van der Waals surface area contributed by atoms with Crippen LogP contribution in [0.1, 0.15) is 28.0 Å². The average molecular weight is 482 g/mol. The highest BCUT2D eigenvalue weighted by atomic mass is 32.1. The summed E-state index contributed by atoms with van der Waals surface area (Å²) < 4.78 is 24.8. The summed E-state index contributed by atoms with van der Waals surface area (Å²) in [5, 5.41) is 7.55. The molecule has 0 bridgehead atoms. The number of amides is 1. The number of ether oxygens (including phenoxy) is 2. The topological polar surface area (TPSA) is 112 Å². The number of hydrogen-bond donors (Lipinski definition) is 1. The van der Waals surface area contributed by atoms with Crippen molar-refractivity contribution in [2.75, 3.05) is 11.9 Å². The molecule has 2 aromatic carbocycles. The maximum absolute atomic E-state index is 13.0. The van der Waals surface area contributed by atoms with Gasteiger partial charge in [-0.2, -0.15) is 9.61 Å². The highest BCUT2D eigenvalue weighted by Crippen LogP contribution is 2.18. The fourth-order valence-electron chi connectivity index (χ4n) is 2.97. The predicted octanol–water partition coefficient (Wildman–Crippen LogP) is 3.23. The van der Waals surface area contributed by atoms with Gasteiger partial charge in [0.2, 0.25) is 4.96 Å². The van der Waals surface area contributed by atoms with Crippen LogP contribution in [0, 0.1) is 5.82 Å².